The minimum absolute atomic E-state index is 0.139. The van der Waals surface area contributed by atoms with Gasteiger partial charge in [0, 0.05) is 43.4 Å². The smallest absolute Gasteiger partial charge is 0.262 e. The number of nitrogens with one attached hydrogen (secondary N) is 1. The fourth-order valence-electron chi connectivity index (χ4n) is 4.88. The fourth-order valence-corrected chi connectivity index (χ4v) is 4.88. The third-order valence-corrected chi connectivity index (χ3v) is 6.76. The van der Waals surface area contributed by atoms with Gasteiger partial charge in [0.2, 0.25) is 0 Å². The molecule has 180 valence electrons. The summed E-state index contributed by atoms with van der Waals surface area (Å²) in [5.41, 5.74) is 0.929. The highest BCUT2D eigenvalue weighted by molar-refractivity contribution is 5.83. The Morgan fingerprint density at radius 2 is 2.09 bits per heavy atom. The number of rotatable bonds is 8. The average Bonchev–Trinajstić information content (AvgIpc) is 3.54. The SMILES string of the molecule is CCCNC1CCN(c2ccc(-n3ccc4cc(OC[C@H]5CCCO5)ccc4c3=O)cc2F)C1. The maximum absolute atomic E-state index is 15.1. The Bertz CT molecular complexity index is 1210. The van der Waals surface area contributed by atoms with Crippen LogP contribution in [-0.4, -0.2) is 49.6 Å². The molecule has 2 aliphatic heterocycles. The van der Waals surface area contributed by atoms with Gasteiger partial charge in [-0.1, -0.05) is 6.92 Å². The van der Waals surface area contributed by atoms with Gasteiger partial charge in [-0.25, -0.2) is 4.39 Å². The Hall–Kier alpha value is -2.90. The van der Waals surface area contributed by atoms with Crippen molar-refractivity contribution >= 4 is 16.5 Å². The maximum atomic E-state index is 15.1. The van der Waals surface area contributed by atoms with Gasteiger partial charge >= 0.3 is 0 Å². The molecule has 0 radical (unpaired) electrons. The van der Waals surface area contributed by atoms with E-state index >= 15 is 4.39 Å². The highest BCUT2D eigenvalue weighted by Crippen LogP contribution is 2.26. The largest absolute Gasteiger partial charge is 0.491 e. The fraction of sp³-hybridized carbons (Fsp3) is 0.444. The number of hydrogen-bond donors (Lipinski definition) is 1. The third-order valence-electron chi connectivity index (χ3n) is 6.76. The second-order valence-corrected chi connectivity index (χ2v) is 9.21. The number of anilines is 1. The lowest BCUT2D eigenvalue weighted by molar-refractivity contribution is 0.0680. The van der Waals surface area contributed by atoms with Gasteiger partial charge in [0.1, 0.15) is 18.2 Å². The molecular formula is C27H32FN3O3. The van der Waals surface area contributed by atoms with E-state index in [9.17, 15) is 4.79 Å². The minimum Gasteiger partial charge on any atom is -0.491 e. The molecule has 2 atom stereocenters. The van der Waals surface area contributed by atoms with E-state index in [2.05, 4.69) is 17.1 Å². The van der Waals surface area contributed by atoms with Crippen LogP contribution in [0.15, 0.2) is 53.5 Å². The van der Waals surface area contributed by atoms with Crippen LogP contribution in [0.1, 0.15) is 32.6 Å². The highest BCUT2D eigenvalue weighted by Gasteiger charge is 2.24. The molecule has 3 aromatic rings. The summed E-state index contributed by atoms with van der Waals surface area (Å²) in [6.45, 7) is 6.05. The summed E-state index contributed by atoms with van der Waals surface area (Å²) in [4.78, 5) is 15.2. The zero-order valence-electron chi connectivity index (χ0n) is 19.6. The molecule has 3 heterocycles. The normalized spacial score (nSPS) is 20.4. The quantitative estimate of drug-likeness (QED) is 0.539. The van der Waals surface area contributed by atoms with Crippen LogP contribution in [0, 0.1) is 5.82 Å². The Balaban J connectivity index is 1.33. The van der Waals surface area contributed by atoms with E-state index in [4.69, 9.17) is 9.47 Å². The number of nitrogens with zero attached hydrogens (tertiary/aromatic N) is 2. The monoisotopic (exact) mass is 465 g/mol. The van der Waals surface area contributed by atoms with Crippen molar-refractivity contribution in [3.05, 3.63) is 64.8 Å². The lowest BCUT2D eigenvalue weighted by atomic mass is 10.1. The van der Waals surface area contributed by atoms with Crippen molar-refractivity contribution in [2.75, 3.05) is 37.7 Å². The van der Waals surface area contributed by atoms with E-state index in [-0.39, 0.29) is 17.5 Å². The first-order valence-corrected chi connectivity index (χ1v) is 12.3. The number of hydrogen-bond acceptors (Lipinski definition) is 5. The maximum Gasteiger partial charge on any atom is 0.262 e. The molecule has 5 rings (SSSR count). The van der Waals surface area contributed by atoms with Gasteiger partial charge in [0.15, 0.2) is 0 Å². The van der Waals surface area contributed by atoms with Crippen LogP contribution in [0.5, 0.6) is 5.75 Å². The first-order chi connectivity index (χ1) is 16.6. The number of fused-ring (bicyclic) bond motifs is 1. The second-order valence-electron chi connectivity index (χ2n) is 9.21. The summed E-state index contributed by atoms with van der Waals surface area (Å²) >= 11 is 0. The van der Waals surface area contributed by atoms with E-state index in [1.54, 1.807) is 18.3 Å². The van der Waals surface area contributed by atoms with Crippen LogP contribution in [-0.2, 0) is 4.74 Å². The number of aromatic nitrogens is 1. The second kappa shape index (κ2) is 10.2. The van der Waals surface area contributed by atoms with Gasteiger partial charge in [-0.3, -0.25) is 9.36 Å². The molecule has 2 fully saturated rings. The van der Waals surface area contributed by atoms with Crippen LogP contribution < -0.4 is 20.5 Å². The Morgan fingerprint density at radius 1 is 1.18 bits per heavy atom. The summed E-state index contributed by atoms with van der Waals surface area (Å²) in [7, 11) is 0. The highest BCUT2D eigenvalue weighted by atomic mass is 19.1. The van der Waals surface area contributed by atoms with Crippen molar-refractivity contribution in [1.29, 1.82) is 0 Å². The summed E-state index contributed by atoms with van der Waals surface area (Å²) in [5, 5.41) is 4.88. The van der Waals surface area contributed by atoms with Crippen LogP contribution in [0.3, 0.4) is 0 Å². The molecule has 0 bridgehead atoms. The Labute approximate surface area is 199 Å². The van der Waals surface area contributed by atoms with Gasteiger partial charge in [-0.15, -0.1) is 0 Å². The summed E-state index contributed by atoms with van der Waals surface area (Å²) < 4.78 is 28.0. The van der Waals surface area contributed by atoms with E-state index < -0.39 is 0 Å². The molecule has 0 spiro atoms. The topological polar surface area (TPSA) is 55.7 Å². The Morgan fingerprint density at radius 3 is 2.88 bits per heavy atom. The van der Waals surface area contributed by atoms with Crippen molar-refractivity contribution in [3.63, 3.8) is 0 Å². The van der Waals surface area contributed by atoms with Crippen molar-refractivity contribution in [3.8, 4) is 11.4 Å². The average molecular weight is 466 g/mol. The lowest BCUT2D eigenvalue weighted by Gasteiger charge is -2.20. The molecule has 7 heteroatoms. The molecule has 1 unspecified atom stereocenters. The van der Waals surface area contributed by atoms with Crippen molar-refractivity contribution < 1.29 is 13.9 Å². The van der Waals surface area contributed by atoms with E-state index in [1.165, 1.54) is 10.6 Å². The molecule has 34 heavy (non-hydrogen) atoms. The standard InChI is InChI=1S/C27H32FN3O3/c1-2-11-29-20-10-12-30(17-20)26-8-5-21(16-25(26)28)31-13-9-19-15-22(6-7-24(19)27(31)32)34-18-23-4-3-14-33-23/h5-9,13,15-16,20,23,29H,2-4,10-12,14,17-18H2,1H3/t20?,23-/m1/s1. The van der Waals surface area contributed by atoms with Gasteiger partial charge < -0.3 is 19.7 Å². The van der Waals surface area contributed by atoms with E-state index in [0.29, 0.717) is 35.2 Å². The first kappa shape index (κ1) is 22.9. The van der Waals surface area contributed by atoms with Gasteiger partial charge in [0.05, 0.1) is 17.5 Å². The molecule has 2 saturated heterocycles. The van der Waals surface area contributed by atoms with Crippen LogP contribution in [0.2, 0.25) is 0 Å². The molecule has 1 aromatic heterocycles. The summed E-state index contributed by atoms with van der Waals surface area (Å²) in [6, 6.07) is 12.8. The molecule has 2 aliphatic rings. The molecular weight excluding hydrogens is 433 g/mol. The number of pyridine rings is 1. The third kappa shape index (κ3) is 4.81. The van der Waals surface area contributed by atoms with E-state index in [0.717, 1.165) is 57.3 Å². The van der Waals surface area contributed by atoms with Crippen LogP contribution >= 0.6 is 0 Å². The first-order valence-electron chi connectivity index (χ1n) is 12.3. The van der Waals surface area contributed by atoms with Crippen LogP contribution in [0.4, 0.5) is 10.1 Å². The molecule has 2 aromatic carbocycles. The summed E-state index contributed by atoms with van der Waals surface area (Å²) in [5.74, 6) is 0.409. The van der Waals surface area contributed by atoms with Crippen molar-refractivity contribution in [2.45, 2.75) is 44.8 Å². The van der Waals surface area contributed by atoms with Gasteiger partial charge in [0.25, 0.3) is 5.56 Å². The molecule has 0 saturated carbocycles. The van der Waals surface area contributed by atoms with E-state index in [1.807, 2.05) is 24.3 Å². The number of benzene rings is 2. The molecule has 1 N–H and O–H groups in total. The molecule has 0 amide bonds. The zero-order chi connectivity index (χ0) is 23.5. The van der Waals surface area contributed by atoms with Gasteiger partial charge in [-0.2, -0.15) is 0 Å². The minimum atomic E-state index is -0.307. The summed E-state index contributed by atoms with van der Waals surface area (Å²) in [6.07, 6.45) is 6.02. The molecule has 6 nitrogen and oxygen atoms in total. The van der Waals surface area contributed by atoms with Crippen molar-refractivity contribution in [1.82, 2.24) is 9.88 Å². The predicted molar refractivity (Wildman–Crippen MR) is 133 cm³/mol. The number of ether oxygens (including phenoxy) is 2. The van der Waals surface area contributed by atoms with Crippen LogP contribution in [0.25, 0.3) is 16.5 Å². The van der Waals surface area contributed by atoms with Gasteiger partial charge in [-0.05, 0) is 74.0 Å². The Kier molecular flexibility index (Phi) is 6.83. The zero-order valence-corrected chi connectivity index (χ0v) is 19.6. The van der Waals surface area contributed by atoms with Crippen molar-refractivity contribution in [2.24, 2.45) is 0 Å². The molecule has 0 aliphatic carbocycles. The predicted octanol–water partition coefficient (Wildman–Crippen LogP) is 4.27. The number of halogens is 1. The lowest BCUT2D eigenvalue weighted by Crippen LogP contribution is -2.33.